The van der Waals surface area contributed by atoms with E-state index in [0.29, 0.717) is 6.04 Å². The minimum Gasteiger partial charge on any atom is -0.328 e. The van der Waals surface area contributed by atoms with E-state index in [1.165, 1.54) is 51.5 Å². The van der Waals surface area contributed by atoms with Gasteiger partial charge in [-0.15, -0.1) is 0 Å². The number of fused-ring (bicyclic) bond motifs is 1. The van der Waals surface area contributed by atoms with Crippen LogP contribution in [-0.4, -0.2) is 30.6 Å². The predicted octanol–water partition coefficient (Wildman–Crippen LogP) is 3.31. The van der Waals surface area contributed by atoms with Gasteiger partial charge in [-0.05, 0) is 69.0 Å². The third-order valence-electron chi connectivity index (χ3n) is 5.37. The maximum atomic E-state index is 6.03. The van der Waals surface area contributed by atoms with Crippen molar-refractivity contribution in [1.29, 1.82) is 0 Å². The van der Waals surface area contributed by atoms with Gasteiger partial charge in [0.05, 0.1) is 0 Å². The fourth-order valence-corrected chi connectivity index (χ4v) is 4.08. The Morgan fingerprint density at radius 3 is 2.65 bits per heavy atom. The highest BCUT2D eigenvalue weighted by Crippen LogP contribution is 2.33. The average molecular weight is 272 g/mol. The summed E-state index contributed by atoms with van der Waals surface area (Å²) >= 11 is 0. The standard InChI is InChI=1S/C18H28N2/c1-20(17-11-9-16(19)10-12-17)13-15-7-4-6-14-5-2-3-8-18(14)15/h2-3,5,8,15-17H,4,6-7,9-13,19H2,1H3. The quantitative estimate of drug-likeness (QED) is 0.914. The zero-order valence-electron chi connectivity index (χ0n) is 12.7. The Bertz CT molecular complexity index is 435. The maximum absolute atomic E-state index is 6.03. The van der Waals surface area contributed by atoms with E-state index in [2.05, 4.69) is 36.2 Å². The van der Waals surface area contributed by atoms with Crippen LogP contribution in [0.25, 0.3) is 0 Å². The highest BCUT2D eigenvalue weighted by atomic mass is 15.1. The van der Waals surface area contributed by atoms with Crippen LogP contribution < -0.4 is 5.73 Å². The molecule has 0 heterocycles. The fourth-order valence-electron chi connectivity index (χ4n) is 4.08. The van der Waals surface area contributed by atoms with Crippen LogP contribution in [-0.2, 0) is 6.42 Å². The lowest BCUT2D eigenvalue weighted by atomic mass is 9.82. The first-order valence-corrected chi connectivity index (χ1v) is 8.27. The summed E-state index contributed by atoms with van der Waals surface area (Å²) in [6.07, 6.45) is 8.96. The second kappa shape index (κ2) is 6.28. The molecule has 2 nitrogen and oxygen atoms in total. The Kier molecular flexibility index (Phi) is 4.42. The van der Waals surface area contributed by atoms with E-state index in [1.807, 2.05) is 0 Å². The van der Waals surface area contributed by atoms with Crippen molar-refractivity contribution in [3.8, 4) is 0 Å². The van der Waals surface area contributed by atoms with Crippen LogP contribution in [0.3, 0.4) is 0 Å². The first-order valence-electron chi connectivity index (χ1n) is 8.27. The van der Waals surface area contributed by atoms with Crippen LogP contribution in [0.4, 0.5) is 0 Å². The summed E-state index contributed by atoms with van der Waals surface area (Å²) in [5, 5.41) is 0. The molecule has 1 fully saturated rings. The van der Waals surface area contributed by atoms with Gasteiger partial charge in [0.2, 0.25) is 0 Å². The summed E-state index contributed by atoms with van der Waals surface area (Å²) in [5.41, 5.74) is 9.22. The molecule has 0 saturated heterocycles. The summed E-state index contributed by atoms with van der Waals surface area (Å²) in [6.45, 7) is 1.22. The number of nitrogens with zero attached hydrogens (tertiary/aromatic N) is 1. The third kappa shape index (κ3) is 3.07. The minimum atomic E-state index is 0.454. The average Bonchev–Trinajstić information content (AvgIpc) is 2.48. The van der Waals surface area contributed by atoms with E-state index >= 15 is 0 Å². The van der Waals surface area contributed by atoms with E-state index in [4.69, 9.17) is 5.73 Å². The van der Waals surface area contributed by atoms with Gasteiger partial charge >= 0.3 is 0 Å². The highest BCUT2D eigenvalue weighted by Gasteiger charge is 2.26. The summed E-state index contributed by atoms with van der Waals surface area (Å²) in [5.74, 6) is 0.737. The summed E-state index contributed by atoms with van der Waals surface area (Å²) in [4.78, 5) is 2.61. The molecule has 1 aromatic carbocycles. The molecule has 2 heteroatoms. The molecular formula is C18H28N2. The Balaban J connectivity index is 1.63. The van der Waals surface area contributed by atoms with Gasteiger partial charge < -0.3 is 10.6 Å². The first-order chi connectivity index (χ1) is 9.74. The second-order valence-electron chi connectivity index (χ2n) is 6.80. The molecule has 0 radical (unpaired) electrons. The smallest absolute Gasteiger partial charge is 0.00936 e. The van der Waals surface area contributed by atoms with Gasteiger partial charge in [0.15, 0.2) is 0 Å². The van der Waals surface area contributed by atoms with E-state index in [0.717, 1.165) is 12.0 Å². The number of likely N-dealkylation sites (N-methyl/N-ethyl adjacent to an activating group) is 1. The molecule has 1 atom stereocenters. The normalized spacial score (nSPS) is 30.2. The maximum Gasteiger partial charge on any atom is 0.00936 e. The van der Waals surface area contributed by atoms with Crippen LogP contribution in [0.2, 0.25) is 0 Å². The number of aryl methyl sites for hydroxylation is 1. The minimum absolute atomic E-state index is 0.454. The van der Waals surface area contributed by atoms with Gasteiger partial charge in [0.1, 0.15) is 0 Å². The van der Waals surface area contributed by atoms with Crippen LogP contribution in [0.15, 0.2) is 24.3 Å². The molecule has 1 unspecified atom stereocenters. The zero-order valence-corrected chi connectivity index (χ0v) is 12.7. The van der Waals surface area contributed by atoms with Crippen molar-refractivity contribution in [2.45, 2.75) is 62.9 Å². The molecule has 0 aliphatic heterocycles. The van der Waals surface area contributed by atoms with Gasteiger partial charge in [-0.2, -0.15) is 0 Å². The Morgan fingerprint density at radius 1 is 1.10 bits per heavy atom. The topological polar surface area (TPSA) is 29.3 Å². The molecule has 0 spiro atoms. The monoisotopic (exact) mass is 272 g/mol. The number of benzene rings is 1. The predicted molar refractivity (Wildman–Crippen MR) is 85.0 cm³/mol. The summed E-state index contributed by atoms with van der Waals surface area (Å²) < 4.78 is 0. The molecule has 20 heavy (non-hydrogen) atoms. The van der Waals surface area contributed by atoms with Crippen molar-refractivity contribution < 1.29 is 0 Å². The molecule has 1 aromatic rings. The molecule has 0 amide bonds. The van der Waals surface area contributed by atoms with Gasteiger partial charge in [-0.25, -0.2) is 0 Å². The van der Waals surface area contributed by atoms with Crippen molar-refractivity contribution in [2.75, 3.05) is 13.6 Å². The number of nitrogens with two attached hydrogens (primary N) is 1. The molecule has 2 N–H and O–H groups in total. The Hall–Kier alpha value is -0.860. The lowest BCUT2D eigenvalue weighted by Crippen LogP contribution is -2.40. The molecule has 1 saturated carbocycles. The largest absolute Gasteiger partial charge is 0.328 e. The molecule has 0 bridgehead atoms. The van der Waals surface area contributed by atoms with Crippen LogP contribution >= 0.6 is 0 Å². The van der Waals surface area contributed by atoms with Crippen molar-refractivity contribution in [3.05, 3.63) is 35.4 Å². The van der Waals surface area contributed by atoms with Crippen LogP contribution in [0.1, 0.15) is 55.6 Å². The van der Waals surface area contributed by atoms with Gasteiger partial charge in [-0.1, -0.05) is 24.3 Å². The molecular weight excluding hydrogens is 244 g/mol. The number of hydrogen-bond donors (Lipinski definition) is 1. The molecule has 2 aliphatic rings. The zero-order chi connectivity index (χ0) is 13.9. The van der Waals surface area contributed by atoms with Crippen molar-refractivity contribution in [1.82, 2.24) is 4.90 Å². The van der Waals surface area contributed by atoms with E-state index in [1.54, 1.807) is 11.1 Å². The van der Waals surface area contributed by atoms with Crippen molar-refractivity contribution in [2.24, 2.45) is 5.73 Å². The van der Waals surface area contributed by atoms with E-state index < -0.39 is 0 Å². The highest BCUT2D eigenvalue weighted by molar-refractivity contribution is 5.32. The molecule has 110 valence electrons. The van der Waals surface area contributed by atoms with E-state index in [-0.39, 0.29) is 0 Å². The molecule has 3 rings (SSSR count). The van der Waals surface area contributed by atoms with Crippen LogP contribution in [0.5, 0.6) is 0 Å². The van der Waals surface area contributed by atoms with Crippen molar-refractivity contribution in [3.63, 3.8) is 0 Å². The number of rotatable bonds is 3. The first kappa shape index (κ1) is 14.1. The second-order valence-corrected chi connectivity index (χ2v) is 6.80. The van der Waals surface area contributed by atoms with Gasteiger partial charge in [-0.3, -0.25) is 0 Å². The van der Waals surface area contributed by atoms with Crippen molar-refractivity contribution >= 4 is 0 Å². The molecule has 0 aromatic heterocycles. The summed E-state index contributed by atoms with van der Waals surface area (Å²) in [7, 11) is 2.32. The van der Waals surface area contributed by atoms with Gasteiger partial charge in [0.25, 0.3) is 0 Å². The fraction of sp³-hybridized carbons (Fsp3) is 0.667. The SMILES string of the molecule is CN(CC1CCCc2ccccc21)C1CCC(N)CC1. The Morgan fingerprint density at radius 2 is 1.85 bits per heavy atom. The molecule has 2 aliphatic carbocycles. The van der Waals surface area contributed by atoms with Crippen LogP contribution in [0, 0.1) is 0 Å². The van der Waals surface area contributed by atoms with E-state index in [9.17, 15) is 0 Å². The lowest BCUT2D eigenvalue weighted by molar-refractivity contribution is 0.170. The Labute approximate surface area is 123 Å². The lowest BCUT2D eigenvalue weighted by Gasteiger charge is -2.37. The van der Waals surface area contributed by atoms with Gasteiger partial charge in [0, 0.05) is 18.6 Å². The third-order valence-corrected chi connectivity index (χ3v) is 5.37. The number of hydrogen-bond acceptors (Lipinski definition) is 2. The summed E-state index contributed by atoms with van der Waals surface area (Å²) in [6, 6.07) is 10.3.